The van der Waals surface area contributed by atoms with Gasteiger partial charge in [-0.1, -0.05) is 0 Å². The molecule has 1 aromatic heterocycles. The molecule has 1 aliphatic rings. The average Bonchev–Trinajstić information content (AvgIpc) is 2.71. The van der Waals surface area contributed by atoms with E-state index < -0.39 is 0 Å². The molecule has 7 nitrogen and oxygen atoms in total. The lowest BCUT2D eigenvalue weighted by Gasteiger charge is -2.26. The van der Waals surface area contributed by atoms with E-state index in [1.807, 2.05) is 37.3 Å². The van der Waals surface area contributed by atoms with Crippen molar-refractivity contribution in [1.82, 2.24) is 9.88 Å². The van der Waals surface area contributed by atoms with Crippen LogP contribution in [0, 0.1) is 0 Å². The second kappa shape index (κ2) is 9.89. The van der Waals surface area contributed by atoms with Gasteiger partial charge in [0, 0.05) is 38.1 Å². The van der Waals surface area contributed by atoms with Crippen molar-refractivity contribution in [1.29, 1.82) is 0 Å². The Morgan fingerprint density at radius 3 is 2.63 bits per heavy atom. The number of anilines is 2. The van der Waals surface area contributed by atoms with E-state index in [9.17, 15) is 4.79 Å². The Morgan fingerprint density at radius 2 is 1.96 bits per heavy atom. The number of nitrogens with zero attached hydrogens (tertiary/aromatic N) is 2. The Kier molecular flexibility index (Phi) is 7.01. The SMILES string of the molecule is CCOc1ccc(NC(=O)c2ccc(NCCN3CCOCC3)nc2)cc1. The summed E-state index contributed by atoms with van der Waals surface area (Å²) in [5, 5.41) is 6.15. The van der Waals surface area contributed by atoms with Gasteiger partial charge in [-0.3, -0.25) is 9.69 Å². The van der Waals surface area contributed by atoms with Gasteiger partial charge >= 0.3 is 0 Å². The molecule has 1 aliphatic heterocycles. The third kappa shape index (κ3) is 5.94. The molecule has 1 fully saturated rings. The molecular weight excluding hydrogens is 344 g/mol. The molecule has 0 aliphatic carbocycles. The van der Waals surface area contributed by atoms with Gasteiger partial charge in [-0.15, -0.1) is 0 Å². The Morgan fingerprint density at radius 1 is 1.19 bits per heavy atom. The topological polar surface area (TPSA) is 75.7 Å². The zero-order valence-electron chi connectivity index (χ0n) is 15.6. The van der Waals surface area contributed by atoms with Crippen LogP contribution in [0.3, 0.4) is 0 Å². The van der Waals surface area contributed by atoms with Crippen molar-refractivity contribution in [3.05, 3.63) is 48.2 Å². The first kappa shape index (κ1) is 19.1. The number of carbonyl (C=O) groups is 1. The van der Waals surface area contributed by atoms with Gasteiger partial charge in [0.1, 0.15) is 11.6 Å². The van der Waals surface area contributed by atoms with Crippen molar-refractivity contribution >= 4 is 17.4 Å². The van der Waals surface area contributed by atoms with Gasteiger partial charge < -0.3 is 20.1 Å². The lowest BCUT2D eigenvalue weighted by Crippen LogP contribution is -2.39. The molecule has 7 heteroatoms. The van der Waals surface area contributed by atoms with E-state index in [1.54, 1.807) is 12.3 Å². The summed E-state index contributed by atoms with van der Waals surface area (Å²) in [5.41, 5.74) is 1.23. The maximum atomic E-state index is 12.3. The van der Waals surface area contributed by atoms with Crippen LogP contribution >= 0.6 is 0 Å². The molecule has 2 heterocycles. The summed E-state index contributed by atoms with van der Waals surface area (Å²) in [6.45, 7) is 7.86. The monoisotopic (exact) mass is 370 g/mol. The molecule has 0 spiro atoms. The zero-order valence-corrected chi connectivity index (χ0v) is 15.6. The van der Waals surface area contributed by atoms with Crippen molar-refractivity contribution in [2.75, 3.05) is 56.6 Å². The molecule has 0 unspecified atom stereocenters. The molecular formula is C20H26N4O3. The van der Waals surface area contributed by atoms with E-state index in [0.29, 0.717) is 12.2 Å². The molecule has 1 aromatic carbocycles. The van der Waals surface area contributed by atoms with Gasteiger partial charge in [0.2, 0.25) is 0 Å². The maximum absolute atomic E-state index is 12.3. The Labute approximate surface area is 159 Å². The minimum atomic E-state index is -0.188. The summed E-state index contributed by atoms with van der Waals surface area (Å²) < 4.78 is 10.7. The lowest BCUT2D eigenvalue weighted by molar-refractivity contribution is 0.0398. The van der Waals surface area contributed by atoms with Crippen LogP contribution < -0.4 is 15.4 Å². The fourth-order valence-electron chi connectivity index (χ4n) is 2.80. The third-order valence-electron chi connectivity index (χ3n) is 4.29. The number of rotatable bonds is 8. The number of amides is 1. The number of pyridine rings is 1. The summed E-state index contributed by atoms with van der Waals surface area (Å²) in [4.78, 5) is 19.0. The van der Waals surface area contributed by atoms with Gasteiger partial charge in [-0.25, -0.2) is 4.98 Å². The number of nitrogens with one attached hydrogen (secondary N) is 2. The first-order chi connectivity index (χ1) is 13.2. The predicted molar refractivity (Wildman–Crippen MR) is 106 cm³/mol. The van der Waals surface area contributed by atoms with Crippen LogP contribution in [0.15, 0.2) is 42.6 Å². The van der Waals surface area contributed by atoms with Gasteiger partial charge in [0.05, 0.1) is 25.4 Å². The molecule has 1 saturated heterocycles. The normalized spacial score (nSPS) is 14.6. The molecule has 0 atom stereocenters. The Hall–Kier alpha value is -2.64. The van der Waals surface area contributed by atoms with Gasteiger partial charge in [-0.05, 0) is 43.3 Å². The molecule has 0 saturated carbocycles. The number of aromatic nitrogens is 1. The summed E-state index contributed by atoms with van der Waals surface area (Å²) in [5.74, 6) is 1.36. The summed E-state index contributed by atoms with van der Waals surface area (Å²) >= 11 is 0. The molecule has 27 heavy (non-hydrogen) atoms. The zero-order chi connectivity index (χ0) is 18.9. The van der Waals surface area contributed by atoms with Crippen LogP contribution in [-0.2, 0) is 4.74 Å². The highest BCUT2D eigenvalue weighted by atomic mass is 16.5. The number of benzene rings is 1. The van der Waals surface area contributed by atoms with Crippen molar-refractivity contribution in [2.24, 2.45) is 0 Å². The number of hydrogen-bond acceptors (Lipinski definition) is 6. The molecule has 0 radical (unpaired) electrons. The van der Waals surface area contributed by atoms with Crippen LogP contribution in [-0.4, -0.2) is 61.8 Å². The maximum Gasteiger partial charge on any atom is 0.257 e. The van der Waals surface area contributed by atoms with Gasteiger partial charge in [0.25, 0.3) is 5.91 Å². The minimum absolute atomic E-state index is 0.188. The van der Waals surface area contributed by atoms with Crippen LogP contribution in [0.25, 0.3) is 0 Å². The van der Waals surface area contributed by atoms with Crippen molar-refractivity contribution < 1.29 is 14.3 Å². The second-order valence-corrected chi connectivity index (χ2v) is 6.22. The fourth-order valence-corrected chi connectivity index (χ4v) is 2.80. The van der Waals surface area contributed by atoms with E-state index in [-0.39, 0.29) is 5.91 Å². The summed E-state index contributed by atoms with van der Waals surface area (Å²) in [6, 6.07) is 10.9. The summed E-state index contributed by atoms with van der Waals surface area (Å²) in [7, 11) is 0. The van der Waals surface area contributed by atoms with Crippen LogP contribution in [0.2, 0.25) is 0 Å². The highest BCUT2D eigenvalue weighted by molar-refractivity contribution is 6.04. The van der Waals surface area contributed by atoms with Crippen molar-refractivity contribution in [2.45, 2.75) is 6.92 Å². The molecule has 2 aromatic rings. The van der Waals surface area contributed by atoms with Crippen LogP contribution in [0.1, 0.15) is 17.3 Å². The van der Waals surface area contributed by atoms with Gasteiger partial charge in [-0.2, -0.15) is 0 Å². The van der Waals surface area contributed by atoms with Crippen molar-refractivity contribution in [3.8, 4) is 5.75 Å². The minimum Gasteiger partial charge on any atom is -0.494 e. The lowest BCUT2D eigenvalue weighted by atomic mass is 10.2. The second-order valence-electron chi connectivity index (χ2n) is 6.22. The van der Waals surface area contributed by atoms with E-state index in [4.69, 9.17) is 9.47 Å². The predicted octanol–water partition coefficient (Wildman–Crippen LogP) is 2.48. The van der Waals surface area contributed by atoms with Crippen molar-refractivity contribution in [3.63, 3.8) is 0 Å². The van der Waals surface area contributed by atoms with Gasteiger partial charge in [0.15, 0.2) is 0 Å². The average molecular weight is 370 g/mol. The van der Waals surface area contributed by atoms with E-state index in [0.717, 1.165) is 56.6 Å². The van der Waals surface area contributed by atoms with Crippen LogP contribution in [0.5, 0.6) is 5.75 Å². The van der Waals surface area contributed by atoms with E-state index in [1.165, 1.54) is 0 Å². The molecule has 2 N–H and O–H groups in total. The molecule has 1 amide bonds. The third-order valence-corrected chi connectivity index (χ3v) is 4.29. The Bertz CT molecular complexity index is 713. The highest BCUT2D eigenvalue weighted by Crippen LogP contribution is 2.16. The molecule has 144 valence electrons. The Balaban J connectivity index is 1.46. The fraction of sp³-hybridized carbons (Fsp3) is 0.400. The smallest absolute Gasteiger partial charge is 0.257 e. The highest BCUT2D eigenvalue weighted by Gasteiger charge is 2.10. The largest absolute Gasteiger partial charge is 0.494 e. The quantitative estimate of drug-likeness (QED) is 0.744. The van der Waals surface area contributed by atoms with E-state index in [2.05, 4.69) is 20.5 Å². The number of carbonyl (C=O) groups excluding carboxylic acids is 1. The number of hydrogen-bond donors (Lipinski definition) is 2. The molecule has 0 bridgehead atoms. The first-order valence-electron chi connectivity index (χ1n) is 9.29. The first-order valence-corrected chi connectivity index (χ1v) is 9.29. The standard InChI is InChI=1S/C20H26N4O3/c1-2-27-18-6-4-17(5-7-18)23-20(25)16-3-8-19(22-15-16)21-9-10-24-11-13-26-14-12-24/h3-8,15H,2,9-14H2,1H3,(H,21,22)(H,23,25). The summed E-state index contributed by atoms with van der Waals surface area (Å²) in [6.07, 6.45) is 1.58. The number of ether oxygens (including phenoxy) is 2. The molecule has 3 rings (SSSR count). The van der Waals surface area contributed by atoms with Crippen LogP contribution in [0.4, 0.5) is 11.5 Å². The number of morpholine rings is 1. The van der Waals surface area contributed by atoms with E-state index >= 15 is 0 Å².